The molecule has 2 N–H and O–H groups in total. The fraction of sp³-hybridized carbons (Fsp3) is 0.500. The third kappa shape index (κ3) is 1.14. The number of hydrogen-bond donors (Lipinski definition) is 1. The van der Waals surface area contributed by atoms with Crippen LogP contribution in [0.2, 0.25) is 0 Å². The third-order valence-electron chi connectivity index (χ3n) is 2.21. The highest BCUT2D eigenvalue weighted by Crippen LogP contribution is 2.46. The predicted octanol–water partition coefficient (Wildman–Crippen LogP) is 0.769. The summed E-state index contributed by atoms with van der Waals surface area (Å²) in [5, 5.41) is 12.8. The van der Waals surface area contributed by atoms with E-state index in [-0.39, 0.29) is 5.41 Å². The minimum Gasteiger partial charge on any atom is -0.396 e. The van der Waals surface area contributed by atoms with Gasteiger partial charge < -0.3 is 5.73 Å². The van der Waals surface area contributed by atoms with Crippen molar-refractivity contribution in [1.29, 1.82) is 5.26 Å². The Bertz CT molecular complexity index is 329. The Morgan fingerprint density at radius 2 is 2.50 bits per heavy atom. The lowest BCUT2D eigenvalue weighted by Crippen LogP contribution is -2.09. The van der Waals surface area contributed by atoms with E-state index in [0.29, 0.717) is 12.2 Å². The van der Waals surface area contributed by atoms with E-state index >= 15 is 0 Å². The van der Waals surface area contributed by atoms with Crippen molar-refractivity contribution < 1.29 is 0 Å². The fourth-order valence-corrected chi connectivity index (χ4v) is 1.23. The zero-order valence-corrected chi connectivity index (χ0v) is 6.70. The maximum Gasteiger partial charge on any atom is 0.0770 e. The molecule has 1 aromatic heterocycles. The van der Waals surface area contributed by atoms with Gasteiger partial charge in [-0.3, -0.25) is 4.68 Å². The fourth-order valence-electron chi connectivity index (χ4n) is 1.23. The normalized spacial score (nSPS) is 18.6. The Hall–Kier alpha value is -1.50. The van der Waals surface area contributed by atoms with Gasteiger partial charge in [0.25, 0.3) is 0 Å². The van der Waals surface area contributed by atoms with Gasteiger partial charge in [0, 0.05) is 6.20 Å². The Kier molecular flexibility index (Phi) is 1.34. The number of rotatable bonds is 2. The minimum atomic E-state index is -0.140. The summed E-state index contributed by atoms with van der Waals surface area (Å²) in [4.78, 5) is 0. The average molecular weight is 162 g/mol. The number of nitrogen functional groups attached to an aromatic ring is 1. The monoisotopic (exact) mass is 162 g/mol. The molecule has 0 bridgehead atoms. The lowest BCUT2D eigenvalue weighted by atomic mass is 10.1. The first-order chi connectivity index (χ1) is 5.74. The van der Waals surface area contributed by atoms with Crippen molar-refractivity contribution in [1.82, 2.24) is 9.78 Å². The molecule has 1 aliphatic carbocycles. The van der Waals surface area contributed by atoms with E-state index in [1.165, 1.54) is 0 Å². The van der Waals surface area contributed by atoms with Crippen LogP contribution >= 0.6 is 0 Å². The molecule has 0 saturated heterocycles. The second kappa shape index (κ2) is 2.24. The van der Waals surface area contributed by atoms with E-state index in [1.54, 1.807) is 17.1 Å². The zero-order chi connectivity index (χ0) is 8.60. The van der Waals surface area contributed by atoms with Crippen molar-refractivity contribution in [2.45, 2.75) is 19.4 Å². The smallest absolute Gasteiger partial charge is 0.0770 e. The second-order valence-corrected chi connectivity index (χ2v) is 3.36. The van der Waals surface area contributed by atoms with Crippen molar-refractivity contribution in [2.75, 3.05) is 5.73 Å². The van der Waals surface area contributed by atoms with Gasteiger partial charge in [-0.1, -0.05) is 0 Å². The summed E-state index contributed by atoms with van der Waals surface area (Å²) in [6, 6.07) is 2.31. The Morgan fingerprint density at radius 3 is 2.92 bits per heavy atom. The van der Waals surface area contributed by atoms with E-state index in [4.69, 9.17) is 11.0 Å². The number of aromatic nitrogens is 2. The molecule has 12 heavy (non-hydrogen) atoms. The molecular formula is C8H10N4. The van der Waals surface area contributed by atoms with Crippen LogP contribution in [-0.4, -0.2) is 9.78 Å². The molecule has 0 amide bonds. The van der Waals surface area contributed by atoms with E-state index < -0.39 is 0 Å². The molecule has 1 saturated carbocycles. The van der Waals surface area contributed by atoms with Crippen molar-refractivity contribution in [3.8, 4) is 6.07 Å². The first-order valence-corrected chi connectivity index (χ1v) is 3.93. The molecule has 0 aliphatic heterocycles. The highest BCUT2D eigenvalue weighted by molar-refractivity contribution is 5.30. The zero-order valence-electron chi connectivity index (χ0n) is 6.70. The van der Waals surface area contributed by atoms with Crippen LogP contribution in [0.4, 0.5) is 5.69 Å². The minimum absolute atomic E-state index is 0.140. The first-order valence-electron chi connectivity index (χ1n) is 3.93. The first kappa shape index (κ1) is 7.17. The lowest BCUT2D eigenvalue weighted by Gasteiger charge is -2.03. The van der Waals surface area contributed by atoms with Crippen LogP contribution in [0.1, 0.15) is 12.8 Å². The highest BCUT2D eigenvalue weighted by Gasteiger charge is 2.43. The van der Waals surface area contributed by atoms with Crippen LogP contribution in [0.15, 0.2) is 12.4 Å². The molecular weight excluding hydrogens is 152 g/mol. The van der Waals surface area contributed by atoms with Gasteiger partial charge in [0.2, 0.25) is 0 Å². The molecule has 0 radical (unpaired) electrons. The molecule has 2 rings (SSSR count). The number of anilines is 1. The van der Waals surface area contributed by atoms with Gasteiger partial charge in [0.15, 0.2) is 0 Å². The van der Waals surface area contributed by atoms with Crippen molar-refractivity contribution in [3.63, 3.8) is 0 Å². The molecule has 62 valence electrons. The Balaban J connectivity index is 2.10. The second-order valence-electron chi connectivity index (χ2n) is 3.36. The molecule has 1 heterocycles. The molecule has 1 aliphatic rings. The third-order valence-corrected chi connectivity index (χ3v) is 2.21. The lowest BCUT2D eigenvalue weighted by molar-refractivity contribution is 0.486. The van der Waals surface area contributed by atoms with E-state index in [9.17, 15) is 0 Å². The summed E-state index contributed by atoms with van der Waals surface area (Å²) in [6.45, 7) is 0.681. The van der Waals surface area contributed by atoms with Gasteiger partial charge in [-0.05, 0) is 12.8 Å². The van der Waals surface area contributed by atoms with Crippen LogP contribution in [-0.2, 0) is 6.54 Å². The molecule has 4 nitrogen and oxygen atoms in total. The summed E-state index contributed by atoms with van der Waals surface area (Å²) < 4.78 is 1.74. The van der Waals surface area contributed by atoms with Crippen LogP contribution in [0.5, 0.6) is 0 Å². The van der Waals surface area contributed by atoms with Crippen molar-refractivity contribution in [3.05, 3.63) is 12.4 Å². The van der Waals surface area contributed by atoms with E-state index in [1.807, 2.05) is 0 Å². The number of hydrogen-bond acceptors (Lipinski definition) is 3. The maximum absolute atomic E-state index is 8.80. The topological polar surface area (TPSA) is 67.6 Å². The van der Waals surface area contributed by atoms with E-state index in [0.717, 1.165) is 12.8 Å². The molecule has 0 atom stereocenters. The molecule has 1 fully saturated rings. The standard InChI is InChI=1S/C8H10N4/c9-5-8(1-2-8)6-12-4-7(10)3-11-12/h3-4H,1-2,6,10H2. The van der Waals surface area contributed by atoms with Crippen LogP contribution in [0.3, 0.4) is 0 Å². The molecule has 1 aromatic rings. The van der Waals surface area contributed by atoms with Gasteiger partial charge in [-0.25, -0.2) is 0 Å². The molecule has 4 heteroatoms. The van der Waals surface area contributed by atoms with Gasteiger partial charge in [-0.2, -0.15) is 10.4 Å². The molecule has 0 unspecified atom stereocenters. The van der Waals surface area contributed by atoms with Gasteiger partial charge in [-0.15, -0.1) is 0 Å². The van der Waals surface area contributed by atoms with Crippen LogP contribution in [0.25, 0.3) is 0 Å². The highest BCUT2D eigenvalue weighted by atomic mass is 15.3. The largest absolute Gasteiger partial charge is 0.396 e. The average Bonchev–Trinajstić information content (AvgIpc) is 2.71. The summed E-state index contributed by atoms with van der Waals surface area (Å²) in [5.74, 6) is 0. The molecule has 0 aromatic carbocycles. The number of nitriles is 1. The van der Waals surface area contributed by atoms with Crippen molar-refractivity contribution >= 4 is 5.69 Å². The SMILES string of the molecule is N#CC1(Cn2cc(N)cn2)CC1. The predicted molar refractivity (Wildman–Crippen MR) is 43.9 cm³/mol. The van der Waals surface area contributed by atoms with Crippen LogP contribution in [0, 0.1) is 16.7 Å². The van der Waals surface area contributed by atoms with Crippen LogP contribution < -0.4 is 5.73 Å². The summed E-state index contributed by atoms with van der Waals surface area (Å²) in [6.07, 6.45) is 5.34. The molecule has 0 spiro atoms. The van der Waals surface area contributed by atoms with Crippen molar-refractivity contribution in [2.24, 2.45) is 5.41 Å². The van der Waals surface area contributed by atoms with Gasteiger partial charge >= 0.3 is 0 Å². The Morgan fingerprint density at radius 1 is 1.75 bits per heavy atom. The van der Waals surface area contributed by atoms with E-state index in [2.05, 4.69) is 11.2 Å². The summed E-state index contributed by atoms with van der Waals surface area (Å²) >= 11 is 0. The summed E-state index contributed by atoms with van der Waals surface area (Å²) in [5.41, 5.74) is 6.01. The number of nitrogens with zero attached hydrogens (tertiary/aromatic N) is 3. The summed E-state index contributed by atoms with van der Waals surface area (Å²) in [7, 11) is 0. The van der Waals surface area contributed by atoms with Gasteiger partial charge in [0.1, 0.15) is 0 Å². The Labute approximate surface area is 70.6 Å². The van der Waals surface area contributed by atoms with Gasteiger partial charge in [0.05, 0.1) is 29.9 Å². The quantitative estimate of drug-likeness (QED) is 0.698. The number of nitrogens with two attached hydrogens (primary N) is 1. The maximum atomic E-state index is 8.80.